The van der Waals surface area contributed by atoms with Crippen LogP contribution in [0.1, 0.15) is 11.1 Å². The molecule has 0 N–H and O–H groups in total. The molecule has 114 valence electrons. The molecule has 0 aromatic heterocycles. The molecular formula is C23H16O. The summed E-state index contributed by atoms with van der Waals surface area (Å²) in [6.45, 7) is 0. The van der Waals surface area contributed by atoms with Gasteiger partial charge in [0.1, 0.15) is 5.75 Å². The van der Waals surface area contributed by atoms with Crippen molar-refractivity contribution < 1.29 is 4.74 Å². The molecule has 1 heteroatoms. The van der Waals surface area contributed by atoms with Crippen LogP contribution in [-0.4, -0.2) is 7.11 Å². The highest BCUT2D eigenvalue weighted by molar-refractivity contribution is 6.00. The van der Waals surface area contributed by atoms with E-state index in [2.05, 4.69) is 66.4 Å². The molecule has 0 saturated carbocycles. The third-order valence-electron chi connectivity index (χ3n) is 4.18. The second kappa shape index (κ2) is 6.10. The summed E-state index contributed by atoms with van der Waals surface area (Å²) < 4.78 is 5.18. The number of benzene rings is 4. The Morgan fingerprint density at radius 1 is 0.667 bits per heavy atom. The summed E-state index contributed by atoms with van der Waals surface area (Å²) >= 11 is 0. The first kappa shape index (κ1) is 14.4. The zero-order valence-electron chi connectivity index (χ0n) is 13.4. The van der Waals surface area contributed by atoms with Crippen molar-refractivity contribution in [3.8, 4) is 17.6 Å². The van der Waals surface area contributed by atoms with Gasteiger partial charge in [0.2, 0.25) is 0 Å². The smallest absolute Gasteiger partial charge is 0.118 e. The van der Waals surface area contributed by atoms with Gasteiger partial charge in [0.15, 0.2) is 0 Å². The minimum absolute atomic E-state index is 0.845. The number of hydrogen-bond acceptors (Lipinski definition) is 1. The minimum Gasteiger partial charge on any atom is -0.497 e. The van der Waals surface area contributed by atoms with Crippen LogP contribution in [-0.2, 0) is 0 Å². The summed E-state index contributed by atoms with van der Waals surface area (Å²) in [5.41, 5.74) is 2.03. The standard InChI is InChI=1S/C23H16O/c1-24-22-13-10-17(11-14-22)9-12-18-7-4-8-21-15-19-5-2-3-6-20(19)16-23(18)21/h2-8,10-11,13-16H,1H3. The van der Waals surface area contributed by atoms with E-state index in [0.717, 1.165) is 16.9 Å². The molecule has 0 atom stereocenters. The van der Waals surface area contributed by atoms with Crippen LogP contribution in [0.4, 0.5) is 0 Å². The second-order valence-corrected chi connectivity index (χ2v) is 5.70. The van der Waals surface area contributed by atoms with Gasteiger partial charge in [-0.2, -0.15) is 0 Å². The highest BCUT2D eigenvalue weighted by atomic mass is 16.5. The molecule has 4 aromatic carbocycles. The fraction of sp³-hybridized carbons (Fsp3) is 0.0435. The molecule has 1 nitrogen and oxygen atoms in total. The van der Waals surface area contributed by atoms with Crippen LogP contribution in [0.25, 0.3) is 21.5 Å². The second-order valence-electron chi connectivity index (χ2n) is 5.70. The van der Waals surface area contributed by atoms with E-state index in [1.165, 1.54) is 21.5 Å². The molecule has 0 aliphatic rings. The van der Waals surface area contributed by atoms with Gasteiger partial charge in [0.25, 0.3) is 0 Å². The van der Waals surface area contributed by atoms with Gasteiger partial charge >= 0.3 is 0 Å². The maximum Gasteiger partial charge on any atom is 0.118 e. The van der Waals surface area contributed by atoms with E-state index in [-0.39, 0.29) is 0 Å². The number of ether oxygens (including phenoxy) is 1. The normalized spacial score (nSPS) is 10.4. The summed E-state index contributed by atoms with van der Waals surface area (Å²) in [7, 11) is 1.67. The van der Waals surface area contributed by atoms with Gasteiger partial charge in [-0.15, -0.1) is 0 Å². The summed E-state index contributed by atoms with van der Waals surface area (Å²) in [6.07, 6.45) is 0. The SMILES string of the molecule is COc1ccc(C#Cc2cccc3cc4ccccc4cc23)cc1. The largest absolute Gasteiger partial charge is 0.497 e. The van der Waals surface area contributed by atoms with Crippen molar-refractivity contribution in [3.63, 3.8) is 0 Å². The van der Waals surface area contributed by atoms with Crippen LogP contribution >= 0.6 is 0 Å². The molecule has 24 heavy (non-hydrogen) atoms. The zero-order valence-corrected chi connectivity index (χ0v) is 13.4. The average molecular weight is 308 g/mol. The lowest BCUT2D eigenvalue weighted by Crippen LogP contribution is -1.83. The van der Waals surface area contributed by atoms with E-state index in [1.807, 2.05) is 24.3 Å². The summed E-state index contributed by atoms with van der Waals surface area (Å²) in [6, 6.07) is 27.0. The summed E-state index contributed by atoms with van der Waals surface area (Å²) in [4.78, 5) is 0. The van der Waals surface area contributed by atoms with Crippen molar-refractivity contribution >= 4 is 21.5 Å². The van der Waals surface area contributed by atoms with Gasteiger partial charge in [0, 0.05) is 11.1 Å². The predicted octanol–water partition coefficient (Wildman–Crippen LogP) is 5.40. The van der Waals surface area contributed by atoms with Crippen molar-refractivity contribution in [2.75, 3.05) is 7.11 Å². The van der Waals surface area contributed by atoms with Crippen LogP contribution in [0.5, 0.6) is 5.75 Å². The first-order chi connectivity index (χ1) is 11.8. The van der Waals surface area contributed by atoms with Crippen molar-refractivity contribution in [1.29, 1.82) is 0 Å². The van der Waals surface area contributed by atoms with Crippen molar-refractivity contribution in [2.24, 2.45) is 0 Å². The molecule has 0 radical (unpaired) electrons. The average Bonchev–Trinajstić information content (AvgIpc) is 2.65. The number of rotatable bonds is 1. The minimum atomic E-state index is 0.845. The Bertz CT molecular complexity index is 1080. The van der Waals surface area contributed by atoms with Gasteiger partial charge in [-0.05, 0) is 64.0 Å². The zero-order chi connectivity index (χ0) is 16.4. The molecule has 0 heterocycles. The Morgan fingerprint density at radius 3 is 2.12 bits per heavy atom. The Labute approximate surface area is 141 Å². The van der Waals surface area contributed by atoms with E-state index >= 15 is 0 Å². The van der Waals surface area contributed by atoms with Crippen molar-refractivity contribution in [3.05, 3.63) is 90.0 Å². The number of hydrogen-bond donors (Lipinski definition) is 0. The number of fused-ring (bicyclic) bond motifs is 2. The van der Waals surface area contributed by atoms with E-state index in [9.17, 15) is 0 Å². The summed E-state index contributed by atoms with van der Waals surface area (Å²) in [5.74, 6) is 7.41. The van der Waals surface area contributed by atoms with Gasteiger partial charge in [0.05, 0.1) is 7.11 Å². The molecule has 4 rings (SSSR count). The molecule has 4 aromatic rings. The molecule has 0 aliphatic carbocycles. The maximum atomic E-state index is 5.18. The molecule has 0 unspecified atom stereocenters. The fourth-order valence-electron chi connectivity index (χ4n) is 2.89. The molecule has 0 aliphatic heterocycles. The van der Waals surface area contributed by atoms with E-state index in [0.29, 0.717) is 0 Å². The van der Waals surface area contributed by atoms with Crippen LogP contribution in [0.15, 0.2) is 78.9 Å². The van der Waals surface area contributed by atoms with Crippen LogP contribution in [0.3, 0.4) is 0 Å². The lowest BCUT2D eigenvalue weighted by molar-refractivity contribution is 0.415. The van der Waals surface area contributed by atoms with Gasteiger partial charge in [-0.3, -0.25) is 0 Å². The third kappa shape index (κ3) is 2.71. The quantitative estimate of drug-likeness (QED) is 0.338. The van der Waals surface area contributed by atoms with Gasteiger partial charge < -0.3 is 4.74 Å². The number of methoxy groups -OCH3 is 1. The Balaban J connectivity index is 1.81. The lowest BCUT2D eigenvalue weighted by Gasteiger charge is -2.04. The monoisotopic (exact) mass is 308 g/mol. The molecule has 0 spiro atoms. The van der Waals surface area contributed by atoms with Gasteiger partial charge in [-0.1, -0.05) is 48.2 Å². The topological polar surface area (TPSA) is 9.23 Å². The van der Waals surface area contributed by atoms with Crippen LogP contribution < -0.4 is 4.74 Å². The first-order valence-corrected chi connectivity index (χ1v) is 7.91. The van der Waals surface area contributed by atoms with E-state index < -0.39 is 0 Å². The Morgan fingerprint density at radius 2 is 1.38 bits per heavy atom. The highest BCUT2D eigenvalue weighted by Gasteiger charge is 2.01. The predicted molar refractivity (Wildman–Crippen MR) is 100 cm³/mol. The van der Waals surface area contributed by atoms with Crippen LogP contribution in [0.2, 0.25) is 0 Å². The third-order valence-corrected chi connectivity index (χ3v) is 4.18. The van der Waals surface area contributed by atoms with Crippen molar-refractivity contribution in [2.45, 2.75) is 0 Å². The Kier molecular flexibility index (Phi) is 3.65. The lowest BCUT2D eigenvalue weighted by atomic mass is 10.00. The van der Waals surface area contributed by atoms with Crippen molar-refractivity contribution in [1.82, 2.24) is 0 Å². The van der Waals surface area contributed by atoms with Crippen LogP contribution in [0, 0.1) is 11.8 Å². The molecule has 0 fully saturated rings. The van der Waals surface area contributed by atoms with Gasteiger partial charge in [-0.25, -0.2) is 0 Å². The maximum absolute atomic E-state index is 5.18. The highest BCUT2D eigenvalue weighted by Crippen LogP contribution is 2.25. The fourth-order valence-corrected chi connectivity index (χ4v) is 2.89. The summed E-state index contributed by atoms with van der Waals surface area (Å²) in [5, 5.41) is 4.90. The Hall–Kier alpha value is -3.24. The molecule has 0 bridgehead atoms. The van der Waals surface area contributed by atoms with E-state index in [4.69, 9.17) is 4.74 Å². The molecule has 0 amide bonds. The molecule has 0 saturated heterocycles. The van der Waals surface area contributed by atoms with E-state index in [1.54, 1.807) is 7.11 Å². The molecular weight excluding hydrogens is 292 g/mol. The first-order valence-electron chi connectivity index (χ1n) is 7.91.